The van der Waals surface area contributed by atoms with Crippen LogP contribution in [0.3, 0.4) is 0 Å². The normalized spacial score (nSPS) is 23.8. The highest BCUT2D eigenvalue weighted by molar-refractivity contribution is 7.99. The van der Waals surface area contributed by atoms with E-state index in [1.807, 2.05) is 11.8 Å². The molecule has 7 nitrogen and oxygen atoms in total. The molecule has 2 fully saturated rings. The average Bonchev–Trinajstić information content (AvgIpc) is 2.48. The quantitative estimate of drug-likeness (QED) is 0.738. The first-order valence-corrected chi connectivity index (χ1v) is 8.47. The Labute approximate surface area is 129 Å². The number of amides is 2. The summed E-state index contributed by atoms with van der Waals surface area (Å²) in [5.41, 5.74) is 0. The van der Waals surface area contributed by atoms with Gasteiger partial charge in [-0.05, 0) is 0 Å². The topological polar surface area (TPSA) is 82.1 Å². The number of hydrogen-bond acceptors (Lipinski definition) is 5. The van der Waals surface area contributed by atoms with Gasteiger partial charge in [0.05, 0.1) is 19.1 Å². The second-order valence-corrected chi connectivity index (χ2v) is 6.45. The number of hydrogen-bond donors (Lipinski definition) is 2. The average molecular weight is 317 g/mol. The lowest BCUT2D eigenvalue weighted by molar-refractivity contribution is -0.141. The molecule has 0 aliphatic carbocycles. The lowest BCUT2D eigenvalue weighted by Gasteiger charge is -2.32. The van der Waals surface area contributed by atoms with Gasteiger partial charge in [-0.2, -0.15) is 11.8 Å². The van der Waals surface area contributed by atoms with Gasteiger partial charge in [-0.25, -0.2) is 4.79 Å². The Morgan fingerprint density at radius 3 is 2.76 bits per heavy atom. The summed E-state index contributed by atoms with van der Waals surface area (Å²) in [6.45, 7) is 4.92. The summed E-state index contributed by atoms with van der Waals surface area (Å²) in [7, 11) is 0. The smallest absolute Gasteiger partial charge is 0.317 e. The summed E-state index contributed by atoms with van der Waals surface area (Å²) in [5, 5.41) is 11.7. The molecule has 2 rings (SSSR count). The van der Waals surface area contributed by atoms with Crippen molar-refractivity contribution >= 4 is 23.8 Å². The number of ether oxygens (including phenoxy) is 1. The number of morpholine rings is 1. The number of aliphatic carboxylic acids is 1. The number of thioether (sulfide) groups is 1. The van der Waals surface area contributed by atoms with Crippen LogP contribution in [0, 0.1) is 0 Å². The van der Waals surface area contributed by atoms with Crippen molar-refractivity contribution in [3.8, 4) is 0 Å². The fourth-order valence-electron chi connectivity index (χ4n) is 2.48. The standard InChI is InChI=1S/C13H23N3O4S/c17-12(18)9-11-10-16(3-6-20-11)13(19)14-1-2-15-4-7-21-8-5-15/h11H,1-10H2,(H,14,19)(H,17,18). The molecule has 0 spiro atoms. The molecule has 2 heterocycles. The van der Waals surface area contributed by atoms with E-state index in [2.05, 4.69) is 10.2 Å². The third-order valence-electron chi connectivity index (χ3n) is 3.64. The lowest BCUT2D eigenvalue weighted by atomic mass is 10.2. The van der Waals surface area contributed by atoms with Crippen molar-refractivity contribution < 1.29 is 19.4 Å². The minimum Gasteiger partial charge on any atom is -0.481 e. The highest BCUT2D eigenvalue weighted by atomic mass is 32.2. The van der Waals surface area contributed by atoms with E-state index in [1.165, 1.54) is 0 Å². The molecule has 1 unspecified atom stereocenters. The maximum absolute atomic E-state index is 12.1. The molecule has 0 bridgehead atoms. The van der Waals surface area contributed by atoms with Gasteiger partial charge in [-0.1, -0.05) is 0 Å². The fourth-order valence-corrected chi connectivity index (χ4v) is 3.46. The molecule has 2 aliphatic heterocycles. The predicted octanol–water partition coefficient (Wildman–Crippen LogP) is -0.0797. The second kappa shape index (κ2) is 8.45. The van der Waals surface area contributed by atoms with Crippen LogP contribution in [0.1, 0.15) is 6.42 Å². The maximum atomic E-state index is 12.1. The lowest BCUT2D eigenvalue weighted by Crippen LogP contribution is -2.51. The minimum atomic E-state index is -0.898. The Hall–Kier alpha value is -0.990. The van der Waals surface area contributed by atoms with Crippen molar-refractivity contribution in [1.82, 2.24) is 15.1 Å². The number of rotatable bonds is 5. The van der Waals surface area contributed by atoms with Gasteiger partial charge in [0, 0.05) is 50.8 Å². The summed E-state index contributed by atoms with van der Waals surface area (Å²) in [4.78, 5) is 26.7. The zero-order valence-corrected chi connectivity index (χ0v) is 12.9. The van der Waals surface area contributed by atoms with E-state index in [4.69, 9.17) is 9.84 Å². The van der Waals surface area contributed by atoms with Crippen LogP contribution in [0.4, 0.5) is 4.79 Å². The van der Waals surface area contributed by atoms with E-state index in [0.717, 1.165) is 31.1 Å². The van der Waals surface area contributed by atoms with Gasteiger partial charge >= 0.3 is 12.0 Å². The molecule has 21 heavy (non-hydrogen) atoms. The molecule has 0 saturated carbocycles. The van der Waals surface area contributed by atoms with Crippen molar-refractivity contribution in [2.24, 2.45) is 0 Å². The fraction of sp³-hybridized carbons (Fsp3) is 0.846. The molecule has 120 valence electrons. The van der Waals surface area contributed by atoms with Gasteiger partial charge in [0.15, 0.2) is 0 Å². The van der Waals surface area contributed by atoms with E-state index in [-0.39, 0.29) is 12.5 Å². The van der Waals surface area contributed by atoms with E-state index >= 15 is 0 Å². The van der Waals surface area contributed by atoms with Gasteiger partial charge in [0.25, 0.3) is 0 Å². The Kier molecular flexibility index (Phi) is 6.59. The number of carbonyl (C=O) groups excluding carboxylic acids is 1. The van der Waals surface area contributed by atoms with Crippen LogP contribution in [-0.4, -0.2) is 90.4 Å². The summed E-state index contributed by atoms with van der Waals surface area (Å²) >= 11 is 1.97. The largest absolute Gasteiger partial charge is 0.481 e. The van der Waals surface area contributed by atoms with Gasteiger partial charge < -0.3 is 20.1 Å². The number of urea groups is 1. The van der Waals surface area contributed by atoms with E-state index in [0.29, 0.717) is 26.2 Å². The van der Waals surface area contributed by atoms with Crippen LogP contribution in [0.5, 0.6) is 0 Å². The number of carboxylic acid groups (broad SMARTS) is 1. The minimum absolute atomic E-state index is 0.0603. The summed E-state index contributed by atoms with van der Waals surface area (Å²) < 4.78 is 5.36. The molecular formula is C13H23N3O4S. The van der Waals surface area contributed by atoms with Gasteiger partial charge in [-0.15, -0.1) is 0 Å². The predicted molar refractivity (Wildman–Crippen MR) is 80.7 cm³/mol. The van der Waals surface area contributed by atoms with Crippen molar-refractivity contribution in [2.75, 3.05) is 57.4 Å². The first-order valence-electron chi connectivity index (χ1n) is 7.31. The molecule has 0 aromatic carbocycles. The molecule has 2 N–H and O–H groups in total. The van der Waals surface area contributed by atoms with Crippen molar-refractivity contribution in [3.05, 3.63) is 0 Å². The Balaban J connectivity index is 1.66. The number of carbonyl (C=O) groups is 2. The van der Waals surface area contributed by atoms with Crippen LogP contribution in [0.2, 0.25) is 0 Å². The highest BCUT2D eigenvalue weighted by Crippen LogP contribution is 2.09. The zero-order valence-electron chi connectivity index (χ0n) is 12.1. The molecule has 0 aromatic rings. The highest BCUT2D eigenvalue weighted by Gasteiger charge is 2.25. The van der Waals surface area contributed by atoms with E-state index < -0.39 is 12.1 Å². The molecular weight excluding hydrogens is 294 g/mol. The number of nitrogens with one attached hydrogen (secondary N) is 1. The molecule has 8 heteroatoms. The molecule has 2 amide bonds. The monoisotopic (exact) mass is 317 g/mol. The molecule has 0 aromatic heterocycles. The molecule has 0 radical (unpaired) electrons. The Morgan fingerprint density at radius 1 is 1.29 bits per heavy atom. The van der Waals surface area contributed by atoms with E-state index in [1.54, 1.807) is 4.90 Å². The summed E-state index contributed by atoms with van der Waals surface area (Å²) in [6, 6.07) is -0.125. The molecule has 1 atom stereocenters. The third-order valence-corrected chi connectivity index (χ3v) is 4.58. The number of carboxylic acids is 1. The Morgan fingerprint density at radius 2 is 2.05 bits per heavy atom. The number of nitrogens with zero attached hydrogens (tertiary/aromatic N) is 2. The van der Waals surface area contributed by atoms with Crippen LogP contribution >= 0.6 is 11.8 Å². The van der Waals surface area contributed by atoms with E-state index in [9.17, 15) is 9.59 Å². The third kappa shape index (κ3) is 5.72. The van der Waals surface area contributed by atoms with Crippen molar-refractivity contribution in [1.29, 1.82) is 0 Å². The maximum Gasteiger partial charge on any atom is 0.317 e. The van der Waals surface area contributed by atoms with Crippen LogP contribution in [0.15, 0.2) is 0 Å². The van der Waals surface area contributed by atoms with Gasteiger partial charge in [0.2, 0.25) is 0 Å². The van der Waals surface area contributed by atoms with Crippen LogP contribution < -0.4 is 5.32 Å². The summed E-state index contributed by atoms with van der Waals surface area (Å²) in [6.07, 6.45) is -0.462. The van der Waals surface area contributed by atoms with Gasteiger partial charge in [0.1, 0.15) is 0 Å². The van der Waals surface area contributed by atoms with Crippen LogP contribution in [-0.2, 0) is 9.53 Å². The molecule has 2 saturated heterocycles. The second-order valence-electron chi connectivity index (χ2n) is 5.22. The van der Waals surface area contributed by atoms with Crippen molar-refractivity contribution in [2.45, 2.75) is 12.5 Å². The van der Waals surface area contributed by atoms with Crippen LogP contribution in [0.25, 0.3) is 0 Å². The van der Waals surface area contributed by atoms with Gasteiger partial charge in [-0.3, -0.25) is 9.69 Å². The SMILES string of the molecule is O=C(O)CC1CN(C(=O)NCCN2CCSCC2)CCO1. The first kappa shape index (κ1) is 16.4. The zero-order chi connectivity index (χ0) is 15.1. The van der Waals surface area contributed by atoms with Crippen molar-refractivity contribution in [3.63, 3.8) is 0 Å². The first-order chi connectivity index (χ1) is 10.1. The Bertz CT molecular complexity index is 363. The molecule has 2 aliphatic rings. The summed E-state index contributed by atoms with van der Waals surface area (Å²) in [5.74, 6) is 1.42.